The molecule has 37 heavy (non-hydrogen) atoms. The van der Waals surface area contributed by atoms with Crippen LogP contribution in [0, 0.1) is 10.8 Å². The van der Waals surface area contributed by atoms with Crippen LogP contribution in [0.15, 0.2) is 76.1 Å². The Bertz CT molecular complexity index is 1430. The zero-order valence-electron chi connectivity index (χ0n) is 21.3. The van der Waals surface area contributed by atoms with Gasteiger partial charge in [0.15, 0.2) is 11.6 Å². The maximum absolute atomic E-state index is 13.5. The van der Waals surface area contributed by atoms with Gasteiger partial charge in [-0.05, 0) is 52.8 Å². The molecule has 3 aliphatic rings. The van der Waals surface area contributed by atoms with Gasteiger partial charge in [0.1, 0.15) is 22.2 Å². The molecule has 0 unspecified atom stereocenters. The summed E-state index contributed by atoms with van der Waals surface area (Å²) >= 11 is 5.89. The van der Waals surface area contributed by atoms with E-state index in [1.54, 1.807) is 24.3 Å². The van der Waals surface area contributed by atoms with Gasteiger partial charge < -0.3 is 8.92 Å². The number of benzene rings is 2. The first kappa shape index (κ1) is 25.7. The van der Waals surface area contributed by atoms with Gasteiger partial charge in [0, 0.05) is 47.8 Å². The quantitative estimate of drug-likeness (QED) is 0.411. The van der Waals surface area contributed by atoms with Gasteiger partial charge in [-0.3, -0.25) is 9.59 Å². The second kappa shape index (κ2) is 8.84. The summed E-state index contributed by atoms with van der Waals surface area (Å²) in [6, 6.07) is 12.3. The fraction of sp³-hybridized carbons (Fsp3) is 0.379. The van der Waals surface area contributed by atoms with Crippen molar-refractivity contribution >= 4 is 33.3 Å². The van der Waals surface area contributed by atoms with E-state index in [1.165, 1.54) is 24.3 Å². The normalized spacial score (nSPS) is 21.3. The van der Waals surface area contributed by atoms with Gasteiger partial charge in [-0.15, -0.1) is 0 Å². The number of rotatable bonds is 4. The number of hydrogen-bond donors (Lipinski definition) is 0. The summed E-state index contributed by atoms with van der Waals surface area (Å²) in [6.07, 6.45) is 1.85. The van der Waals surface area contributed by atoms with Crippen LogP contribution < -0.4 is 4.18 Å². The summed E-state index contributed by atoms with van der Waals surface area (Å²) in [5.41, 5.74) is 1.08. The van der Waals surface area contributed by atoms with Crippen molar-refractivity contribution in [3.8, 4) is 5.75 Å². The van der Waals surface area contributed by atoms with E-state index in [2.05, 4.69) is 0 Å². The molecule has 0 aromatic heterocycles. The Balaban J connectivity index is 1.59. The summed E-state index contributed by atoms with van der Waals surface area (Å²) < 4.78 is 37.5. The number of allylic oxidation sites excluding steroid dienone is 4. The average Bonchev–Trinajstić information content (AvgIpc) is 2.76. The topological polar surface area (TPSA) is 86.7 Å². The molecule has 0 saturated heterocycles. The van der Waals surface area contributed by atoms with E-state index in [0.29, 0.717) is 58.9 Å². The lowest BCUT2D eigenvalue weighted by atomic mass is 9.65. The Morgan fingerprint density at radius 3 is 1.92 bits per heavy atom. The molecule has 1 aliphatic heterocycles. The van der Waals surface area contributed by atoms with E-state index >= 15 is 0 Å². The van der Waals surface area contributed by atoms with Crippen LogP contribution in [0.3, 0.4) is 0 Å². The maximum atomic E-state index is 13.5. The van der Waals surface area contributed by atoms with Crippen molar-refractivity contribution in [2.24, 2.45) is 10.8 Å². The molecular formula is C29H29ClO6S. The lowest BCUT2D eigenvalue weighted by Gasteiger charge is -2.42. The highest BCUT2D eigenvalue weighted by Crippen LogP contribution is 2.53. The molecule has 194 valence electrons. The van der Waals surface area contributed by atoms with Crippen LogP contribution in [0.5, 0.6) is 5.75 Å². The van der Waals surface area contributed by atoms with Crippen LogP contribution in [0.2, 0.25) is 5.02 Å². The Labute approximate surface area is 222 Å². The first-order valence-electron chi connectivity index (χ1n) is 12.3. The van der Waals surface area contributed by atoms with E-state index in [4.69, 9.17) is 20.5 Å². The molecular weight excluding hydrogens is 512 g/mol. The number of ether oxygens (including phenoxy) is 1. The molecule has 8 heteroatoms. The van der Waals surface area contributed by atoms with Crippen LogP contribution >= 0.6 is 11.6 Å². The fourth-order valence-corrected chi connectivity index (χ4v) is 6.58. The number of halogens is 1. The molecule has 0 atom stereocenters. The van der Waals surface area contributed by atoms with Crippen LogP contribution in [0.1, 0.15) is 64.9 Å². The SMILES string of the molecule is CC1(C)CC(=O)C2=C(C1)OC1=C(C(=O)CC(C)(C)C1)C2c1cccc(OS(=O)(=O)c2ccc(Cl)cc2)c1. The molecule has 0 N–H and O–H groups in total. The smallest absolute Gasteiger partial charge is 0.339 e. The van der Waals surface area contributed by atoms with E-state index in [9.17, 15) is 18.0 Å². The van der Waals surface area contributed by atoms with Crippen molar-refractivity contribution in [2.75, 3.05) is 0 Å². The molecule has 0 fully saturated rings. The number of Topliss-reactive ketones (excluding diaryl/α,β-unsaturated/α-hetero) is 2. The molecule has 1 heterocycles. The molecule has 2 aromatic carbocycles. The maximum Gasteiger partial charge on any atom is 0.339 e. The second-order valence-corrected chi connectivity index (χ2v) is 13.6. The van der Waals surface area contributed by atoms with Crippen molar-refractivity contribution in [2.45, 2.75) is 64.2 Å². The zero-order valence-corrected chi connectivity index (χ0v) is 22.8. The highest BCUT2D eigenvalue weighted by molar-refractivity contribution is 7.87. The van der Waals surface area contributed by atoms with Crippen molar-refractivity contribution in [1.82, 2.24) is 0 Å². The fourth-order valence-electron chi connectivity index (χ4n) is 5.53. The van der Waals surface area contributed by atoms with Gasteiger partial charge in [-0.25, -0.2) is 0 Å². The third-order valence-corrected chi connectivity index (χ3v) is 8.59. The van der Waals surface area contributed by atoms with Crippen molar-refractivity contribution < 1.29 is 26.9 Å². The van der Waals surface area contributed by atoms with E-state index in [0.717, 1.165) is 0 Å². The van der Waals surface area contributed by atoms with Gasteiger partial charge in [-0.1, -0.05) is 51.4 Å². The third-order valence-electron chi connectivity index (χ3n) is 7.08. The van der Waals surface area contributed by atoms with E-state index in [-0.39, 0.29) is 33.0 Å². The first-order chi connectivity index (χ1) is 17.2. The van der Waals surface area contributed by atoms with Crippen molar-refractivity contribution in [1.29, 1.82) is 0 Å². The summed E-state index contributed by atoms with van der Waals surface area (Å²) in [4.78, 5) is 26.9. The van der Waals surface area contributed by atoms with Gasteiger partial charge in [0.05, 0.1) is 0 Å². The zero-order chi connectivity index (χ0) is 26.8. The lowest BCUT2D eigenvalue weighted by Crippen LogP contribution is -2.37. The molecule has 6 nitrogen and oxygen atoms in total. The molecule has 2 aromatic rings. The largest absolute Gasteiger partial charge is 0.465 e. The summed E-state index contributed by atoms with van der Waals surface area (Å²) in [7, 11) is -4.12. The van der Waals surface area contributed by atoms with Gasteiger partial charge >= 0.3 is 10.1 Å². The Hall–Kier alpha value is -2.90. The average molecular weight is 541 g/mol. The van der Waals surface area contributed by atoms with Gasteiger partial charge in [0.2, 0.25) is 0 Å². The summed E-state index contributed by atoms with van der Waals surface area (Å²) in [5.74, 6) is 0.565. The van der Waals surface area contributed by atoms with Crippen LogP contribution in [0.25, 0.3) is 0 Å². The van der Waals surface area contributed by atoms with Crippen molar-refractivity contribution in [3.05, 3.63) is 81.8 Å². The molecule has 0 radical (unpaired) electrons. The van der Waals surface area contributed by atoms with Crippen molar-refractivity contribution in [3.63, 3.8) is 0 Å². The minimum atomic E-state index is -4.12. The predicted molar refractivity (Wildman–Crippen MR) is 140 cm³/mol. The lowest BCUT2D eigenvalue weighted by molar-refractivity contribution is -0.120. The molecule has 0 saturated carbocycles. The molecule has 2 aliphatic carbocycles. The molecule has 0 bridgehead atoms. The number of hydrogen-bond acceptors (Lipinski definition) is 6. The molecule has 0 amide bonds. The minimum Gasteiger partial charge on any atom is -0.465 e. The second-order valence-electron chi connectivity index (χ2n) is 11.7. The Kier molecular flexibility index (Phi) is 6.15. The number of carbonyl (C=O) groups is 2. The molecule has 0 spiro atoms. The van der Waals surface area contributed by atoms with E-state index < -0.39 is 16.0 Å². The van der Waals surface area contributed by atoms with Gasteiger partial charge in [-0.2, -0.15) is 8.42 Å². The Morgan fingerprint density at radius 1 is 0.838 bits per heavy atom. The molecule has 5 rings (SSSR count). The summed E-state index contributed by atoms with van der Waals surface area (Å²) in [6.45, 7) is 8.12. The van der Waals surface area contributed by atoms with Crippen LogP contribution in [-0.2, 0) is 24.4 Å². The minimum absolute atomic E-state index is 0.0299. The summed E-state index contributed by atoms with van der Waals surface area (Å²) in [5, 5.41) is 0.411. The Morgan fingerprint density at radius 2 is 1.38 bits per heavy atom. The van der Waals surface area contributed by atoms with Crippen LogP contribution in [-0.4, -0.2) is 20.0 Å². The predicted octanol–water partition coefficient (Wildman–Crippen LogP) is 6.51. The monoisotopic (exact) mass is 540 g/mol. The van der Waals surface area contributed by atoms with Crippen LogP contribution in [0.4, 0.5) is 0 Å². The van der Waals surface area contributed by atoms with Gasteiger partial charge in [0.25, 0.3) is 0 Å². The van der Waals surface area contributed by atoms with E-state index in [1.807, 2.05) is 27.7 Å². The number of ketones is 2. The number of carbonyl (C=O) groups excluding carboxylic acids is 2. The third kappa shape index (κ3) is 4.99. The first-order valence-corrected chi connectivity index (χ1v) is 14.0. The standard InChI is InChI=1S/C29H29ClO6S/c1-28(2)13-21(31)26-23(15-28)35-24-16-29(3,4)14-22(32)27(24)25(26)17-6-5-7-19(12-17)36-37(33,34)20-10-8-18(30)9-11-20/h5-12,25H,13-16H2,1-4H3. The highest BCUT2D eigenvalue weighted by Gasteiger charge is 2.47. The highest BCUT2D eigenvalue weighted by atomic mass is 35.5.